The average Bonchev–Trinajstić information content (AvgIpc) is 3.65. The Labute approximate surface area is 429 Å². The molecule has 6 rings (SSSR count). The minimum absolute atomic E-state index is 0.0333. The van der Waals surface area contributed by atoms with Gasteiger partial charge < -0.3 is 44.9 Å². The van der Waals surface area contributed by atoms with E-state index in [-0.39, 0.29) is 43.2 Å². The van der Waals surface area contributed by atoms with Gasteiger partial charge in [-0.2, -0.15) is 0 Å². The molecule has 4 atom stereocenters. The molecule has 73 heavy (non-hydrogen) atoms. The molecule has 4 amide bonds. The highest BCUT2D eigenvalue weighted by molar-refractivity contribution is 6.38. The molecule has 0 aliphatic carbocycles. The molecule has 2 aliphatic heterocycles. The normalized spacial score (nSPS) is 18.6. The Morgan fingerprint density at radius 1 is 1.08 bits per heavy atom. The number of fused-ring (bicyclic) bond motifs is 6. The summed E-state index contributed by atoms with van der Waals surface area (Å²) >= 11 is 0. The summed E-state index contributed by atoms with van der Waals surface area (Å²) in [4.78, 5) is 82.1. The van der Waals surface area contributed by atoms with E-state index in [2.05, 4.69) is 69.9 Å². The van der Waals surface area contributed by atoms with Crippen LogP contribution in [0.3, 0.4) is 0 Å². The molecule has 5 N–H and O–H groups in total. The Bertz CT molecular complexity index is 2780. The number of pyridine rings is 1. The van der Waals surface area contributed by atoms with Crippen molar-refractivity contribution in [3.63, 3.8) is 0 Å². The third kappa shape index (κ3) is 13.4. The fourth-order valence-corrected chi connectivity index (χ4v) is 9.58. The minimum atomic E-state index is -1.22. The predicted molar refractivity (Wildman–Crippen MR) is 283 cm³/mol. The van der Waals surface area contributed by atoms with E-state index in [0.717, 1.165) is 39.0 Å². The Kier molecular flexibility index (Phi) is 18.4. The highest BCUT2D eigenvalue weighted by atomic mass is 16.5. The van der Waals surface area contributed by atoms with Crippen LogP contribution in [0.2, 0.25) is 0 Å². The van der Waals surface area contributed by atoms with Gasteiger partial charge >= 0.3 is 5.97 Å². The fourth-order valence-electron chi connectivity index (χ4n) is 9.58. The van der Waals surface area contributed by atoms with E-state index in [0.29, 0.717) is 49.2 Å². The summed E-state index contributed by atoms with van der Waals surface area (Å²) < 4.78 is 14.2. The molecule has 6 bridgehead atoms. The molecule has 2 aromatic carbocycles. The number of hydrazine groups is 1. The van der Waals surface area contributed by atoms with Gasteiger partial charge in [0.25, 0.3) is 11.8 Å². The van der Waals surface area contributed by atoms with Crippen molar-refractivity contribution >= 4 is 46.3 Å². The van der Waals surface area contributed by atoms with Crippen LogP contribution in [0.1, 0.15) is 84.2 Å². The van der Waals surface area contributed by atoms with E-state index < -0.39 is 53.1 Å². The van der Waals surface area contributed by atoms with Crippen molar-refractivity contribution in [2.75, 3.05) is 55.0 Å². The van der Waals surface area contributed by atoms with Crippen molar-refractivity contribution in [1.29, 1.82) is 0 Å². The monoisotopic (exact) mass is 1000 g/mol. The number of aromatic hydroxyl groups is 1. The first kappa shape index (κ1) is 55.4. The molecule has 2 aliphatic rings. The van der Waals surface area contributed by atoms with Crippen molar-refractivity contribution in [3.8, 4) is 28.1 Å². The van der Waals surface area contributed by atoms with Crippen LogP contribution >= 0.6 is 0 Å². The molecule has 2 aromatic heterocycles. The van der Waals surface area contributed by atoms with Gasteiger partial charge in [-0.15, -0.1) is 0 Å². The van der Waals surface area contributed by atoms with Crippen LogP contribution in [-0.2, 0) is 52.8 Å². The van der Waals surface area contributed by atoms with Gasteiger partial charge in [-0.25, -0.2) is 5.43 Å². The number of esters is 1. The zero-order valence-electron chi connectivity index (χ0n) is 44.5. The van der Waals surface area contributed by atoms with Crippen LogP contribution in [0.4, 0.5) is 0 Å². The quantitative estimate of drug-likeness (QED) is 0.0477. The number of ether oxygens (including phenoxy) is 2. The summed E-state index contributed by atoms with van der Waals surface area (Å²) in [6.07, 6.45) is 7.43. The molecule has 392 valence electrons. The number of nitrogens with zero attached hydrogens (tertiary/aromatic N) is 6. The number of nitrogens with one attached hydrogen (secondary N) is 4. The van der Waals surface area contributed by atoms with Gasteiger partial charge in [0.2, 0.25) is 11.8 Å². The van der Waals surface area contributed by atoms with Crippen LogP contribution in [0.5, 0.6) is 5.75 Å². The van der Waals surface area contributed by atoms with Gasteiger partial charge in [-0.3, -0.25) is 39.0 Å². The molecule has 4 heterocycles. The average molecular weight is 1000 g/mol. The zero-order chi connectivity index (χ0) is 53.3. The first-order valence-corrected chi connectivity index (χ1v) is 25.0. The number of likely N-dealkylation sites (N-methyl/N-ethyl adjacent to an activating group) is 2. The predicted octanol–water partition coefficient (Wildman–Crippen LogP) is 5.65. The smallest absolute Gasteiger partial charge is 0.324 e. The van der Waals surface area contributed by atoms with Gasteiger partial charge in [0, 0.05) is 93.3 Å². The van der Waals surface area contributed by atoms with Crippen molar-refractivity contribution in [2.45, 2.75) is 105 Å². The van der Waals surface area contributed by atoms with E-state index in [1.165, 1.54) is 36.3 Å². The summed E-state index contributed by atoms with van der Waals surface area (Å²) in [5.41, 5.74) is 9.80. The minimum Gasteiger partial charge on any atom is -0.508 e. The molecule has 1 saturated heterocycles. The number of carbonyl (C=O) groups excluding carboxylic acids is 5. The number of amides is 4. The maximum absolute atomic E-state index is 14.8. The summed E-state index contributed by atoms with van der Waals surface area (Å²) in [5.74, 6) is -3.14. The molecule has 18 heteroatoms. The number of allylic oxidation sites excluding steroid dienone is 1. The summed E-state index contributed by atoms with van der Waals surface area (Å²) in [5, 5.41) is 22.3. The number of amidine groups is 1. The van der Waals surface area contributed by atoms with E-state index in [4.69, 9.17) is 14.5 Å². The van der Waals surface area contributed by atoms with Crippen molar-refractivity contribution in [3.05, 3.63) is 95.6 Å². The lowest BCUT2D eigenvalue weighted by molar-refractivity contribution is -0.155. The van der Waals surface area contributed by atoms with Crippen LogP contribution in [0.25, 0.3) is 33.3 Å². The summed E-state index contributed by atoms with van der Waals surface area (Å²) in [6, 6.07) is 12.2. The fraction of sp³-hybridized carbons (Fsp3) is 0.473. The largest absolute Gasteiger partial charge is 0.508 e. The molecule has 4 aromatic rings. The molecular weight excluding hydrogens is 929 g/mol. The Morgan fingerprint density at radius 3 is 2.52 bits per heavy atom. The zero-order valence-corrected chi connectivity index (χ0v) is 44.5. The third-order valence-corrected chi connectivity index (χ3v) is 13.2. The second-order valence-corrected chi connectivity index (χ2v) is 20.3. The number of phenolic OH excluding ortho intramolecular Hbond substituents is 1. The van der Waals surface area contributed by atoms with Gasteiger partial charge in [0.05, 0.1) is 24.1 Å². The van der Waals surface area contributed by atoms with E-state index in [1.807, 2.05) is 44.1 Å². The Hall–Kier alpha value is -6.89. The number of hydrogen-bond donors (Lipinski definition) is 5. The molecule has 18 nitrogen and oxygen atoms in total. The van der Waals surface area contributed by atoms with Crippen LogP contribution in [0.15, 0.2) is 83.8 Å². The van der Waals surface area contributed by atoms with Gasteiger partial charge in [-0.1, -0.05) is 45.9 Å². The highest BCUT2D eigenvalue weighted by Gasteiger charge is 2.38. The van der Waals surface area contributed by atoms with E-state index >= 15 is 0 Å². The van der Waals surface area contributed by atoms with Crippen LogP contribution < -0.4 is 21.4 Å². The molecule has 1 fully saturated rings. The number of hydrogen-bond acceptors (Lipinski definition) is 12. The number of rotatable bonds is 13. The lowest BCUT2D eigenvalue weighted by Gasteiger charge is -2.36. The van der Waals surface area contributed by atoms with Crippen LogP contribution in [0, 0.1) is 11.3 Å². The molecule has 0 saturated carbocycles. The van der Waals surface area contributed by atoms with Gasteiger partial charge in [0.1, 0.15) is 23.9 Å². The maximum Gasteiger partial charge on any atom is 0.324 e. The van der Waals surface area contributed by atoms with Crippen molar-refractivity contribution < 1.29 is 38.6 Å². The lowest BCUT2D eigenvalue weighted by Crippen LogP contribution is -2.62. The number of benzene rings is 2. The van der Waals surface area contributed by atoms with Gasteiger partial charge in [0.15, 0.2) is 5.84 Å². The SMILES string of the molecule is CCn1c(-c2cccnc2[C@H](C)OC)c2c3cc(ccc31)-c1cc(O)cc(c1)C[C@H](NC(=O)[C@H](C(C)C)N(C)C(=O)C(=NC)N/C=C(\C)NC(=O)/C=C/CN(C)C)C(=O)N1CCC[C@H](N1)C(=O)OCC(C)(C)C2. The number of aliphatic imine (C=N–C) groups is 1. The van der Waals surface area contributed by atoms with E-state index in [1.54, 1.807) is 52.3 Å². The third-order valence-electron chi connectivity index (χ3n) is 13.2. The van der Waals surface area contributed by atoms with Crippen LogP contribution in [-0.4, -0.2) is 138 Å². The summed E-state index contributed by atoms with van der Waals surface area (Å²) in [6.45, 7) is 15.0. The lowest BCUT2D eigenvalue weighted by atomic mass is 9.84. The number of carbonyl (C=O) groups is 5. The van der Waals surface area contributed by atoms with E-state index in [9.17, 15) is 29.1 Å². The maximum atomic E-state index is 14.8. The highest BCUT2D eigenvalue weighted by Crippen LogP contribution is 2.42. The number of aryl methyl sites for hydroxylation is 1. The second kappa shape index (κ2) is 24.2. The Balaban J connectivity index is 1.38. The Morgan fingerprint density at radius 2 is 1.84 bits per heavy atom. The second-order valence-electron chi connectivity index (χ2n) is 20.3. The topological polar surface area (TPSA) is 212 Å². The summed E-state index contributed by atoms with van der Waals surface area (Å²) in [7, 11) is 8.36. The molecule has 0 spiro atoms. The number of phenols is 1. The molecule has 0 radical (unpaired) electrons. The molecular formula is C55H74N10O8. The van der Waals surface area contributed by atoms with Crippen molar-refractivity contribution in [1.82, 2.24) is 45.7 Å². The standard InChI is InChI=1S/C55H74N10O8/c1-13-64-45-21-20-37-29-41(45)42(49(64)40-17-14-22-57-47(40)35(5)72-12)30-55(6,7)32-73-54(71)43-18-15-24-65(61-43)52(69)44(27-36-25-38(37)28-39(66)26-36)60-51(68)48(33(2)3)63(11)53(70)50(56-8)58-31-34(4)59-46(67)19-16-23-62(9)10/h14,16-17,19-22,25-26,28-29,31,33,35,43-44,48,61,66H,13,15,18,23-24,27,30,32H2,1-12H3,(H,56,58)(H,59,67)(H,60,68)/b19-16+,34-31+/t35-,43-,44-,48-/m0/s1. The molecule has 0 unspecified atom stereocenters. The van der Waals surface area contributed by atoms with Crippen molar-refractivity contribution in [2.24, 2.45) is 16.3 Å². The number of aromatic nitrogens is 2. The number of methoxy groups -OCH3 is 1. The number of cyclic esters (lactones) is 1. The first-order chi connectivity index (χ1) is 34.7. The van der Waals surface area contributed by atoms with Gasteiger partial charge in [-0.05, 0) is 119 Å². The first-order valence-electron chi connectivity index (χ1n) is 25.0.